The van der Waals surface area contributed by atoms with E-state index in [9.17, 15) is 0 Å². The largest absolute Gasteiger partial charge is 0.483 e. The average Bonchev–Trinajstić information content (AvgIpc) is 2.81. The second-order valence-corrected chi connectivity index (χ2v) is 7.97. The monoisotopic (exact) mass is 428 g/mol. The molecule has 0 radical (unpaired) electrons. The Morgan fingerprint density at radius 3 is 1.06 bits per heavy atom. The maximum absolute atomic E-state index is 6.41. The highest BCUT2D eigenvalue weighted by molar-refractivity contribution is 6.11. The van der Waals surface area contributed by atoms with Crippen molar-refractivity contribution in [3.63, 3.8) is 0 Å². The number of rotatable bonds is 9. The highest BCUT2D eigenvalue weighted by Gasteiger charge is 2.47. The van der Waals surface area contributed by atoms with Crippen LogP contribution in [0.4, 0.5) is 0 Å². The normalized spacial score (nSPS) is 12.0. The first-order chi connectivity index (χ1) is 15.2. The van der Waals surface area contributed by atoms with E-state index >= 15 is 0 Å². The topological polar surface area (TPSA) is 36.9 Å². The van der Waals surface area contributed by atoms with Gasteiger partial charge in [-0.1, -0.05) is 72.8 Å². The van der Waals surface area contributed by atoms with Crippen molar-refractivity contribution in [1.82, 2.24) is 0 Å². The van der Waals surface area contributed by atoms with E-state index in [0.29, 0.717) is 27.5 Å². The van der Waals surface area contributed by atoms with E-state index in [-0.39, 0.29) is 0 Å². The van der Waals surface area contributed by atoms with Gasteiger partial charge in [-0.2, -0.15) is 0 Å². The molecule has 0 bridgehead atoms. The van der Waals surface area contributed by atoms with E-state index < -0.39 is 11.7 Å². The van der Waals surface area contributed by atoms with E-state index in [1.54, 1.807) is 0 Å². The predicted molar refractivity (Wildman–Crippen MR) is 125 cm³/mol. The van der Waals surface area contributed by atoms with Gasteiger partial charge in [0.15, 0.2) is 5.73 Å². The SMILES string of the molecule is [SiH3]C(Oc1ccccc1)C(Oc1ccccc1)(Oc1ccccc1)Oc1ccccc1. The lowest BCUT2D eigenvalue weighted by Crippen LogP contribution is -2.60. The second kappa shape index (κ2) is 9.87. The van der Waals surface area contributed by atoms with Crippen molar-refractivity contribution >= 4 is 10.2 Å². The van der Waals surface area contributed by atoms with Crippen molar-refractivity contribution in [2.24, 2.45) is 0 Å². The van der Waals surface area contributed by atoms with Crippen LogP contribution in [0.3, 0.4) is 0 Å². The highest BCUT2D eigenvalue weighted by Crippen LogP contribution is 2.30. The van der Waals surface area contributed by atoms with Crippen LogP contribution in [-0.2, 0) is 0 Å². The van der Waals surface area contributed by atoms with Crippen LogP contribution in [-0.4, -0.2) is 21.9 Å². The minimum atomic E-state index is -1.54. The molecular weight excluding hydrogens is 404 g/mol. The molecule has 0 fully saturated rings. The summed E-state index contributed by atoms with van der Waals surface area (Å²) < 4.78 is 25.5. The fourth-order valence-electron chi connectivity index (χ4n) is 3.05. The van der Waals surface area contributed by atoms with Gasteiger partial charge >= 0.3 is 5.97 Å². The van der Waals surface area contributed by atoms with Crippen molar-refractivity contribution in [1.29, 1.82) is 0 Å². The van der Waals surface area contributed by atoms with E-state index in [1.165, 1.54) is 0 Å². The summed E-state index contributed by atoms with van der Waals surface area (Å²) in [6.07, 6.45) is 0. The molecular formula is C26H24O4Si. The predicted octanol–water partition coefficient (Wildman–Crippen LogP) is 4.65. The Bertz CT molecular complexity index is 942. The van der Waals surface area contributed by atoms with E-state index in [4.69, 9.17) is 18.9 Å². The summed E-state index contributed by atoms with van der Waals surface area (Å²) in [6, 6.07) is 38.1. The quantitative estimate of drug-likeness (QED) is 0.287. The molecule has 0 amide bonds. The van der Waals surface area contributed by atoms with E-state index in [1.807, 2.05) is 121 Å². The summed E-state index contributed by atoms with van der Waals surface area (Å²) >= 11 is 0. The average molecular weight is 429 g/mol. The van der Waals surface area contributed by atoms with Crippen LogP contribution in [0, 0.1) is 0 Å². The van der Waals surface area contributed by atoms with Gasteiger partial charge in [-0.25, -0.2) is 0 Å². The first-order valence-electron chi connectivity index (χ1n) is 10.2. The maximum Gasteiger partial charge on any atom is 0.452 e. The van der Waals surface area contributed by atoms with Gasteiger partial charge in [0.1, 0.15) is 23.0 Å². The summed E-state index contributed by atoms with van der Waals surface area (Å²) in [5.74, 6) is 1.04. The molecule has 0 spiro atoms. The molecule has 1 unspecified atom stereocenters. The molecule has 4 aromatic carbocycles. The fourth-order valence-corrected chi connectivity index (χ4v) is 3.67. The van der Waals surface area contributed by atoms with Crippen molar-refractivity contribution in [2.75, 3.05) is 0 Å². The number of ether oxygens (including phenoxy) is 4. The Balaban J connectivity index is 1.75. The van der Waals surface area contributed by atoms with Crippen molar-refractivity contribution < 1.29 is 18.9 Å². The number of hydrogen-bond acceptors (Lipinski definition) is 4. The van der Waals surface area contributed by atoms with Crippen LogP contribution >= 0.6 is 0 Å². The first kappa shape index (κ1) is 20.6. The summed E-state index contributed by atoms with van der Waals surface area (Å²) in [5.41, 5.74) is -0.504. The van der Waals surface area contributed by atoms with Crippen LogP contribution in [0.25, 0.3) is 0 Å². The summed E-state index contributed by atoms with van der Waals surface area (Å²) in [7, 11) is 0.566. The van der Waals surface area contributed by atoms with Gasteiger partial charge in [-0.3, -0.25) is 0 Å². The zero-order chi connectivity index (χ0) is 21.4. The lowest BCUT2D eigenvalue weighted by molar-refractivity contribution is -0.278. The zero-order valence-electron chi connectivity index (χ0n) is 17.3. The number of para-hydroxylation sites is 4. The molecule has 0 aliphatic rings. The second-order valence-electron chi connectivity index (χ2n) is 6.92. The van der Waals surface area contributed by atoms with Crippen LogP contribution in [0.15, 0.2) is 121 Å². The third-order valence-electron chi connectivity index (χ3n) is 4.56. The third kappa shape index (κ3) is 5.47. The van der Waals surface area contributed by atoms with Gasteiger partial charge in [0, 0.05) is 0 Å². The minimum absolute atomic E-state index is 0.504. The molecule has 4 rings (SSSR count). The molecule has 0 aliphatic heterocycles. The zero-order valence-corrected chi connectivity index (χ0v) is 19.3. The molecule has 5 heteroatoms. The summed E-state index contributed by atoms with van der Waals surface area (Å²) in [4.78, 5) is 0. The Kier molecular flexibility index (Phi) is 6.55. The van der Waals surface area contributed by atoms with Gasteiger partial charge in [-0.05, 0) is 48.5 Å². The standard InChI is InChI=1S/C26H24O4Si/c31-25(27-21-13-5-1-6-14-21)26(28-22-15-7-2-8-16-22,29-23-17-9-3-10-18-23)30-24-19-11-4-12-20-24/h1-20,25H,31H3. The van der Waals surface area contributed by atoms with Crippen LogP contribution in [0.5, 0.6) is 23.0 Å². The van der Waals surface area contributed by atoms with E-state index in [0.717, 1.165) is 5.75 Å². The molecule has 0 saturated heterocycles. The van der Waals surface area contributed by atoms with Gasteiger partial charge in [-0.15, -0.1) is 0 Å². The molecule has 31 heavy (non-hydrogen) atoms. The Morgan fingerprint density at radius 2 is 0.742 bits per heavy atom. The minimum Gasteiger partial charge on any atom is -0.483 e. The van der Waals surface area contributed by atoms with Crippen LogP contribution in [0.2, 0.25) is 0 Å². The molecule has 0 aromatic heterocycles. The Morgan fingerprint density at radius 1 is 0.452 bits per heavy atom. The summed E-state index contributed by atoms with van der Waals surface area (Å²) in [6.45, 7) is 0. The molecule has 0 N–H and O–H groups in total. The third-order valence-corrected chi connectivity index (χ3v) is 5.51. The molecule has 1 atom stereocenters. The molecule has 4 nitrogen and oxygen atoms in total. The highest BCUT2D eigenvalue weighted by atomic mass is 28.1. The molecule has 0 aliphatic carbocycles. The first-order valence-corrected chi connectivity index (χ1v) is 11.3. The Labute approximate surface area is 185 Å². The lowest BCUT2D eigenvalue weighted by Gasteiger charge is -2.38. The van der Waals surface area contributed by atoms with E-state index in [2.05, 4.69) is 0 Å². The van der Waals surface area contributed by atoms with Gasteiger partial charge in [0.05, 0.1) is 10.2 Å². The van der Waals surface area contributed by atoms with Crippen molar-refractivity contribution in [3.8, 4) is 23.0 Å². The summed E-state index contributed by atoms with van der Waals surface area (Å²) in [5, 5.41) is 0. The number of hydrogen-bond donors (Lipinski definition) is 0. The Hall–Kier alpha value is -3.70. The van der Waals surface area contributed by atoms with Crippen LogP contribution in [0.1, 0.15) is 0 Å². The molecule has 0 saturated carbocycles. The molecule has 4 aromatic rings. The van der Waals surface area contributed by atoms with Crippen molar-refractivity contribution in [3.05, 3.63) is 121 Å². The molecule has 156 valence electrons. The van der Waals surface area contributed by atoms with Crippen molar-refractivity contribution in [2.45, 2.75) is 11.7 Å². The van der Waals surface area contributed by atoms with Crippen LogP contribution < -0.4 is 18.9 Å². The van der Waals surface area contributed by atoms with Gasteiger partial charge < -0.3 is 18.9 Å². The maximum atomic E-state index is 6.41. The lowest BCUT2D eigenvalue weighted by atomic mass is 10.3. The molecule has 0 heterocycles. The fraction of sp³-hybridized carbons (Fsp3) is 0.0769. The number of benzene rings is 4. The van der Waals surface area contributed by atoms with Gasteiger partial charge in [0.25, 0.3) is 0 Å². The van der Waals surface area contributed by atoms with Gasteiger partial charge in [0.2, 0.25) is 0 Å². The smallest absolute Gasteiger partial charge is 0.452 e.